The molecule has 1 aromatic carbocycles. The molecule has 0 unspecified atom stereocenters. The lowest BCUT2D eigenvalue weighted by Gasteiger charge is -2.14. The van der Waals surface area contributed by atoms with E-state index in [1.54, 1.807) is 23.6 Å². The summed E-state index contributed by atoms with van der Waals surface area (Å²) in [5.74, 6) is 0.0710. The number of carbonyl (C=O) groups is 2. The lowest BCUT2D eigenvalue weighted by Crippen LogP contribution is -2.42. The second-order valence-electron chi connectivity index (χ2n) is 7.23. The molecule has 3 aromatic rings. The van der Waals surface area contributed by atoms with Crippen LogP contribution in [0.2, 0.25) is 0 Å². The monoisotopic (exact) mass is 453 g/mol. The fourth-order valence-corrected chi connectivity index (χ4v) is 3.93. The van der Waals surface area contributed by atoms with Crippen LogP contribution in [0.5, 0.6) is 5.75 Å². The number of carboxylic acid groups (broad SMARTS) is 1. The molecule has 32 heavy (non-hydrogen) atoms. The van der Waals surface area contributed by atoms with Gasteiger partial charge in [-0.05, 0) is 42.3 Å². The molecule has 0 radical (unpaired) electrons. The maximum atomic E-state index is 12.4. The highest BCUT2D eigenvalue weighted by Gasteiger charge is 2.21. The van der Waals surface area contributed by atoms with Crippen molar-refractivity contribution in [3.63, 3.8) is 0 Å². The summed E-state index contributed by atoms with van der Waals surface area (Å²) in [5.41, 5.74) is 2.23. The number of hydrogen-bond acceptors (Lipinski definition) is 6. The zero-order valence-corrected chi connectivity index (χ0v) is 18.9. The van der Waals surface area contributed by atoms with Crippen LogP contribution in [0, 0.1) is 0 Å². The number of aromatic nitrogens is 1. The number of ether oxygens (including phenoxy) is 1. The molecule has 7 nitrogen and oxygen atoms in total. The highest BCUT2D eigenvalue weighted by Crippen LogP contribution is 2.17. The number of aliphatic carboxylic acids is 1. The van der Waals surface area contributed by atoms with Crippen LogP contribution in [0.15, 0.2) is 53.9 Å². The first-order chi connectivity index (χ1) is 15.5. The fourth-order valence-electron chi connectivity index (χ4n) is 3.12. The van der Waals surface area contributed by atoms with Crippen molar-refractivity contribution in [1.82, 2.24) is 10.3 Å². The van der Waals surface area contributed by atoms with E-state index in [2.05, 4.69) is 15.6 Å². The van der Waals surface area contributed by atoms with E-state index in [0.29, 0.717) is 24.3 Å². The third-order valence-corrected chi connectivity index (χ3v) is 6.00. The summed E-state index contributed by atoms with van der Waals surface area (Å²) in [6.45, 7) is 2.49. The number of rotatable bonds is 11. The van der Waals surface area contributed by atoms with Gasteiger partial charge in [0.2, 0.25) is 0 Å². The van der Waals surface area contributed by atoms with Crippen molar-refractivity contribution in [2.24, 2.45) is 0 Å². The lowest BCUT2D eigenvalue weighted by atomic mass is 10.1. The van der Waals surface area contributed by atoms with Crippen LogP contribution in [0.1, 0.15) is 33.4 Å². The first kappa shape index (κ1) is 23.3. The molecule has 3 N–H and O–H groups in total. The average Bonchev–Trinajstić information content (AvgIpc) is 3.29. The Morgan fingerprint density at radius 1 is 1.19 bits per heavy atom. The molecule has 0 aliphatic heterocycles. The quantitative estimate of drug-likeness (QED) is 0.408. The molecule has 2 heterocycles. The molecule has 0 spiro atoms. The number of thiophene rings is 1. The minimum Gasteiger partial charge on any atom is -0.493 e. The zero-order valence-electron chi connectivity index (χ0n) is 18.1. The number of benzene rings is 1. The number of carboxylic acids is 1. The number of anilines is 1. The van der Waals surface area contributed by atoms with Crippen molar-refractivity contribution in [2.75, 3.05) is 19.0 Å². The minimum atomic E-state index is -1.07. The van der Waals surface area contributed by atoms with Crippen LogP contribution in [0.4, 0.5) is 5.82 Å². The van der Waals surface area contributed by atoms with Gasteiger partial charge in [-0.25, -0.2) is 9.78 Å². The molecule has 8 heteroatoms. The molecule has 3 rings (SSSR count). The van der Waals surface area contributed by atoms with E-state index in [1.807, 2.05) is 44.3 Å². The van der Waals surface area contributed by atoms with Crippen molar-refractivity contribution < 1.29 is 19.4 Å². The van der Waals surface area contributed by atoms with Gasteiger partial charge in [-0.1, -0.05) is 25.1 Å². The molecule has 168 valence electrons. The third kappa shape index (κ3) is 6.55. The first-order valence-electron chi connectivity index (χ1n) is 10.4. The van der Waals surface area contributed by atoms with Crippen molar-refractivity contribution >= 4 is 29.0 Å². The molecule has 0 bridgehead atoms. The van der Waals surface area contributed by atoms with E-state index < -0.39 is 12.0 Å². The second-order valence-corrected chi connectivity index (χ2v) is 8.23. The van der Waals surface area contributed by atoms with Gasteiger partial charge in [-0.15, -0.1) is 11.3 Å². The molecule has 1 atom stereocenters. The highest BCUT2D eigenvalue weighted by atomic mass is 32.1. The van der Waals surface area contributed by atoms with Gasteiger partial charge < -0.3 is 20.5 Å². The van der Waals surface area contributed by atoms with E-state index in [1.165, 1.54) is 11.3 Å². The van der Waals surface area contributed by atoms with Gasteiger partial charge in [0, 0.05) is 35.8 Å². The van der Waals surface area contributed by atoms with E-state index >= 15 is 0 Å². The normalized spacial score (nSPS) is 11.6. The number of carbonyl (C=O) groups excluding carboxylic acids is 1. The van der Waals surface area contributed by atoms with Gasteiger partial charge in [-0.3, -0.25) is 4.79 Å². The third-order valence-electron chi connectivity index (χ3n) is 4.92. The van der Waals surface area contributed by atoms with Gasteiger partial charge in [0.25, 0.3) is 5.91 Å². The Kier molecular flexibility index (Phi) is 8.21. The molecule has 1 amide bonds. The fraction of sp³-hybridized carbons (Fsp3) is 0.292. The number of hydrogen-bond donors (Lipinski definition) is 3. The Labute approximate surface area is 191 Å². The summed E-state index contributed by atoms with van der Waals surface area (Å²) >= 11 is 1.50. The van der Waals surface area contributed by atoms with Gasteiger partial charge >= 0.3 is 5.97 Å². The van der Waals surface area contributed by atoms with Gasteiger partial charge in [0.1, 0.15) is 17.6 Å². The van der Waals surface area contributed by atoms with Crippen LogP contribution in [0.25, 0.3) is 0 Å². The van der Waals surface area contributed by atoms with Crippen LogP contribution in [-0.2, 0) is 24.1 Å². The number of aryl methyl sites for hydroxylation is 1. The van der Waals surface area contributed by atoms with Crippen LogP contribution in [0.3, 0.4) is 0 Å². The summed E-state index contributed by atoms with van der Waals surface area (Å²) in [5, 5.41) is 16.9. The van der Waals surface area contributed by atoms with Gasteiger partial charge in [0.05, 0.1) is 12.2 Å². The average molecular weight is 454 g/mol. The van der Waals surface area contributed by atoms with E-state index in [4.69, 9.17) is 4.74 Å². The molecule has 2 aromatic heterocycles. The number of pyridine rings is 1. The number of amides is 1. The smallest absolute Gasteiger partial charge is 0.326 e. The van der Waals surface area contributed by atoms with Crippen molar-refractivity contribution in [3.8, 4) is 5.75 Å². The Morgan fingerprint density at radius 2 is 1.97 bits per heavy atom. The maximum Gasteiger partial charge on any atom is 0.326 e. The van der Waals surface area contributed by atoms with Gasteiger partial charge in [-0.2, -0.15) is 0 Å². The van der Waals surface area contributed by atoms with E-state index in [-0.39, 0.29) is 12.3 Å². The molecular weight excluding hydrogens is 426 g/mol. The number of nitrogens with one attached hydrogen (secondary N) is 2. The molecule has 0 fully saturated rings. The van der Waals surface area contributed by atoms with E-state index in [0.717, 1.165) is 28.4 Å². The van der Waals surface area contributed by atoms with Crippen molar-refractivity contribution in [1.29, 1.82) is 0 Å². The Bertz CT molecular complexity index is 1050. The van der Waals surface area contributed by atoms with Crippen molar-refractivity contribution in [2.45, 2.75) is 32.2 Å². The minimum absolute atomic E-state index is 0.187. The Hall–Kier alpha value is -3.39. The van der Waals surface area contributed by atoms with Crippen LogP contribution < -0.4 is 15.4 Å². The highest BCUT2D eigenvalue weighted by molar-refractivity contribution is 7.10. The molecule has 0 saturated heterocycles. The van der Waals surface area contributed by atoms with Crippen molar-refractivity contribution in [3.05, 3.63) is 75.6 Å². The molecular formula is C24H27N3O4S. The van der Waals surface area contributed by atoms with Crippen LogP contribution >= 0.6 is 11.3 Å². The van der Waals surface area contributed by atoms with E-state index in [9.17, 15) is 14.7 Å². The predicted molar refractivity (Wildman–Crippen MR) is 126 cm³/mol. The Balaban J connectivity index is 1.53. The predicted octanol–water partition coefficient (Wildman–Crippen LogP) is 3.79. The van der Waals surface area contributed by atoms with Gasteiger partial charge in [0.15, 0.2) is 0 Å². The number of nitrogens with zero attached hydrogens (tertiary/aromatic N) is 1. The van der Waals surface area contributed by atoms with Crippen LogP contribution in [-0.4, -0.2) is 41.7 Å². The molecule has 0 aliphatic rings. The largest absolute Gasteiger partial charge is 0.493 e. The summed E-state index contributed by atoms with van der Waals surface area (Å²) in [6.07, 6.45) is 1.70. The Morgan fingerprint density at radius 3 is 2.62 bits per heavy atom. The summed E-state index contributed by atoms with van der Waals surface area (Å²) in [6, 6.07) is 13.8. The molecule has 0 aliphatic carbocycles. The maximum absolute atomic E-state index is 12.4. The summed E-state index contributed by atoms with van der Waals surface area (Å²) in [4.78, 5) is 29.6. The summed E-state index contributed by atoms with van der Waals surface area (Å²) < 4.78 is 5.78. The molecule has 0 saturated carbocycles. The first-order valence-corrected chi connectivity index (χ1v) is 11.3. The SMILES string of the molecule is CCc1cc(C(=O)N[C@@H](Cc2ccc(OCCc3cccc(NC)n3)cc2)C(=O)O)cs1. The topological polar surface area (TPSA) is 101 Å². The zero-order chi connectivity index (χ0) is 22.9. The lowest BCUT2D eigenvalue weighted by molar-refractivity contribution is -0.139. The second kappa shape index (κ2) is 11.3. The standard InChI is InChI=1S/C24H27N3O4S/c1-3-20-14-17(15-32-20)23(28)27-21(24(29)30)13-16-7-9-19(10-8-16)31-12-11-18-5-4-6-22(25-2)26-18/h4-10,14-15,21H,3,11-13H2,1-2H3,(H,25,26)(H,27,28)(H,29,30)/t21-/m0/s1. The summed E-state index contributed by atoms with van der Waals surface area (Å²) in [7, 11) is 1.83.